The summed E-state index contributed by atoms with van der Waals surface area (Å²) in [5, 5.41) is 0. The van der Waals surface area contributed by atoms with Gasteiger partial charge in [0.25, 0.3) is 0 Å². The fraction of sp³-hybridized carbons (Fsp3) is 0.765. The van der Waals surface area contributed by atoms with E-state index in [4.69, 9.17) is 28.4 Å². The second kappa shape index (κ2) is 64.6. The molecule has 0 unspecified atom stereocenters. The van der Waals surface area contributed by atoms with Gasteiger partial charge >= 0.3 is 0 Å². The SMILES string of the molecule is CCCCCCCCCC[C@@H](C)COc1cc2c(cc1OC[C@H](C)CCCCCCCCCC)C#Cc1cc(OC[C@H](C)CCCCCCCCCC)c(OC[C@H](C)CCCCCCCCCC)cc1C#Cc1cc(OC[C@H](C)CCCCCCCCCC)c(OC[C@H](C)CCCCCCCCCC)cc1C#C2. The maximum absolute atomic E-state index is 7.01. The predicted molar refractivity (Wildman–Crippen MR) is 469 cm³/mol. The summed E-state index contributed by atoms with van der Waals surface area (Å²) >= 11 is 0. The van der Waals surface area contributed by atoms with Gasteiger partial charge in [-0.15, -0.1) is 0 Å². The minimum absolute atomic E-state index is 0.384. The maximum Gasteiger partial charge on any atom is 0.162 e. The summed E-state index contributed by atoms with van der Waals surface area (Å²) in [6.45, 7) is 31.5. The van der Waals surface area contributed by atoms with Crippen molar-refractivity contribution < 1.29 is 28.4 Å². The van der Waals surface area contributed by atoms with Crippen molar-refractivity contribution in [2.24, 2.45) is 35.5 Å². The maximum atomic E-state index is 7.01. The van der Waals surface area contributed by atoms with Crippen LogP contribution in [0.2, 0.25) is 0 Å². The second-order valence-corrected chi connectivity index (χ2v) is 34.4. The first-order valence-corrected chi connectivity index (χ1v) is 46.8. The van der Waals surface area contributed by atoms with Gasteiger partial charge < -0.3 is 28.4 Å². The van der Waals surface area contributed by atoms with E-state index in [0.717, 1.165) is 106 Å². The standard InChI is InChI=1S/C102H168O6/c1-13-19-25-31-37-43-49-55-61-85(7)79-103-97-73-91-67-68-93-75-99(105-81-87(9)63-57-51-45-39-33-27-21-15-3)101(107-83-89(11)65-59-53-47-41-35-29-23-17-5)77-95(93)71-72-96-78-102(108-84-90(12)66-60-54-48-42-36-30-24-18-6)100(106-82-88(10)64-58-52-46-40-34-28-22-16-4)76-94(96)70-69-92(91)74-98(97)104-80-86(8)62-56-50-44-38-32-26-20-14-2/h73-78,85-90H,13-66,79-84H2,1-12H3/t85-,86-,87-,88-,89-,90-/m1/s1. The molecule has 0 saturated heterocycles. The average molecular weight is 1490 g/mol. The quantitative estimate of drug-likeness (QED) is 0.0324. The molecule has 0 fully saturated rings. The van der Waals surface area contributed by atoms with Crippen LogP contribution in [0.4, 0.5) is 0 Å². The highest BCUT2D eigenvalue weighted by molar-refractivity contribution is 5.67. The van der Waals surface area contributed by atoms with Crippen LogP contribution >= 0.6 is 0 Å². The number of rotatable bonds is 72. The summed E-state index contributed by atoms with van der Waals surface area (Å²) in [6, 6.07) is 12.8. The van der Waals surface area contributed by atoms with Crippen molar-refractivity contribution in [3.05, 3.63) is 69.8 Å². The van der Waals surface area contributed by atoms with Gasteiger partial charge in [0.2, 0.25) is 0 Å². The molecule has 4 rings (SSSR count). The second-order valence-electron chi connectivity index (χ2n) is 34.4. The first kappa shape index (κ1) is 95.5. The van der Waals surface area contributed by atoms with Crippen LogP contribution in [0.5, 0.6) is 34.5 Å². The molecule has 0 bridgehead atoms. The number of hydrogen-bond acceptors (Lipinski definition) is 6. The number of unbranched alkanes of at least 4 members (excludes halogenated alkanes) is 42. The van der Waals surface area contributed by atoms with Crippen molar-refractivity contribution in [3.63, 3.8) is 0 Å². The van der Waals surface area contributed by atoms with Crippen molar-refractivity contribution in [3.8, 4) is 70.0 Å². The van der Waals surface area contributed by atoms with E-state index in [1.807, 2.05) is 0 Å². The summed E-state index contributed by atoms with van der Waals surface area (Å²) < 4.78 is 42.1. The van der Waals surface area contributed by atoms with Gasteiger partial charge in [-0.2, -0.15) is 0 Å². The molecule has 108 heavy (non-hydrogen) atoms. The van der Waals surface area contributed by atoms with Crippen molar-refractivity contribution in [2.75, 3.05) is 39.6 Å². The largest absolute Gasteiger partial charge is 0.489 e. The zero-order chi connectivity index (χ0) is 77.5. The van der Waals surface area contributed by atoms with Crippen LogP contribution in [0, 0.1) is 71.0 Å². The van der Waals surface area contributed by atoms with E-state index in [-0.39, 0.29) is 0 Å². The van der Waals surface area contributed by atoms with E-state index in [1.54, 1.807) is 0 Å². The van der Waals surface area contributed by atoms with E-state index in [1.165, 1.54) is 308 Å². The highest BCUT2D eigenvalue weighted by Crippen LogP contribution is 2.38. The van der Waals surface area contributed by atoms with Crippen molar-refractivity contribution >= 4 is 0 Å². The fourth-order valence-corrected chi connectivity index (χ4v) is 15.0. The molecule has 0 radical (unpaired) electrons. The van der Waals surface area contributed by atoms with Gasteiger partial charge in [0.15, 0.2) is 34.5 Å². The molecular weight excluding hydrogens is 1320 g/mol. The molecule has 0 amide bonds. The highest BCUT2D eigenvalue weighted by atomic mass is 16.5. The highest BCUT2D eigenvalue weighted by Gasteiger charge is 2.21. The zero-order valence-corrected chi connectivity index (χ0v) is 72.8. The molecule has 1 aliphatic carbocycles. The molecule has 0 heterocycles. The minimum Gasteiger partial charge on any atom is -0.489 e. The smallest absolute Gasteiger partial charge is 0.162 e. The monoisotopic (exact) mass is 1490 g/mol. The Morgan fingerprint density at radius 2 is 0.287 bits per heavy atom. The Bertz CT molecular complexity index is 2390. The molecular formula is C102H168O6. The summed E-state index contributed by atoms with van der Waals surface area (Å²) in [6.07, 6.45) is 69.9. The van der Waals surface area contributed by atoms with E-state index in [0.29, 0.717) is 75.1 Å². The number of hydrogen-bond donors (Lipinski definition) is 0. The Balaban J connectivity index is 1.90. The molecule has 1 aliphatic rings. The molecule has 0 aliphatic heterocycles. The van der Waals surface area contributed by atoms with E-state index >= 15 is 0 Å². The van der Waals surface area contributed by atoms with Crippen LogP contribution in [-0.4, -0.2) is 39.6 Å². The molecule has 0 aromatic heterocycles. The third kappa shape index (κ3) is 46.2. The van der Waals surface area contributed by atoms with E-state index in [2.05, 4.69) is 155 Å². The number of fused-ring (bicyclic) bond motifs is 3. The molecule has 0 saturated carbocycles. The number of ether oxygens (including phenoxy) is 6. The van der Waals surface area contributed by atoms with Gasteiger partial charge in [0.1, 0.15) is 0 Å². The Hall–Kier alpha value is -4.86. The zero-order valence-electron chi connectivity index (χ0n) is 72.8. The van der Waals surface area contributed by atoms with Gasteiger partial charge in [-0.25, -0.2) is 0 Å². The van der Waals surface area contributed by atoms with Crippen molar-refractivity contribution in [2.45, 2.75) is 430 Å². The van der Waals surface area contributed by atoms with Gasteiger partial charge in [-0.1, -0.05) is 427 Å². The van der Waals surface area contributed by atoms with Gasteiger partial charge in [-0.05, 0) is 74.0 Å². The predicted octanol–water partition coefficient (Wildman–Crippen LogP) is 31.5. The molecule has 612 valence electrons. The minimum atomic E-state index is 0.384. The molecule has 6 nitrogen and oxygen atoms in total. The third-order valence-corrected chi connectivity index (χ3v) is 22.7. The fourth-order valence-electron chi connectivity index (χ4n) is 15.0. The van der Waals surface area contributed by atoms with Crippen LogP contribution < -0.4 is 28.4 Å². The third-order valence-electron chi connectivity index (χ3n) is 22.7. The van der Waals surface area contributed by atoms with Gasteiger partial charge in [-0.3, -0.25) is 0 Å². The summed E-state index contributed by atoms with van der Waals surface area (Å²) in [7, 11) is 0. The molecule has 0 spiro atoms. The molecule has 0 N–H and O–H groups in total. The molecule has 3 aromatic rings. The van der Waals surface area contributed by atoms with Crippen molar-refractivity contribution in [1.29, 1.82) is 0 Å². The van der Waals surface area contributed by atoms with Gasteiger partial charge in [0, 0.05) is 69.8 Å². The summed E-state index contributed by atoms with van der Waals surface area (Å²) in [5.74, 6) is 29.0. The van der Waals surface area contributed by atoms with Crippen LogP contribution in [0.3, 0.4) is 0 Å². The lowest BCUT2D eigenvalue weighted by Crippen LogP contribution is -2.13. The Labute approximate surface area is 669 Å². The topological polar surface area (TPSA) is 55.4 Å². The normalized spacial score (nSPS) is 13.3. The molecule has 3 aromatic carbocycles. The average Bonchev–Trinajstić information content (AvgIpc) is 0.794. The lowest BCUT2D eigenvalue weighted by molar-refractivity contribution is 0.212. The first-order valence-electron chi connectivity index (χ1n) is 46.8. The first-order chi connectivity index (χ1) is 52.9. The van der Waals surface area contributed by atoms with Crippen LogP contribution in [0.15, 0.2) is 36.4 Å². The van der Waals surface area contributed by atoms with E-state index < -0.39 is 0 Å². The van der Waals surface area contributed by atoms with Crippen LogP contribution in [0.1, 0.15) is 463 Å². The lowest BCUT2D eigenvalue weighted by atomic mass is 10.00. The number of benzene rings is 3. The Morgan fingerprint density at radius 3 is 0.407 bits per heavy atom. The Kier molecular flexibility index (Phi) is 57.2. The van der Waals surface area contributed by atoms with Crippen LogP contribution in [0.25, 0.3) is 0 Å². The van der Waals surface area contributed by atoms with Crippen LogP contribution in [-0.2, 0) is 0 Å². The lowest BCUT2D eigenvalue weighted by Gasteiger charge is -2.20. The van der Waals surface area contributed by atoms with E-state index in [9.17, 15) is 0 Å². The van der Waals surface area contributed by atoms with Crippen molar-refractivity contribution in [1.82, 2.24) is 0 Å². The summed E-state index contributed by atoms with van der Waals surface area (Å²) in [5.41, 5.74) is 4.76. The molecule has 6 heteroatoms. The Morgan fingerprint density at radius 1 is 0.176 bits per heavy atom. The van der Waals surface area contributed by atoms with Gasteiger partial charge in [0.05, 0.1) is 39.6 Å². The summed E-state index contributed by atoms with van der Waals surface area (Å²) in [4.78, 5) is 0. The molecule has 6 atom stereocenters.